The van der Waals surface area contributed by atoms with E-state index in [9.17, 15) is 9.18 Å². The van der Waals surface area contributed by atoms with Gasteiger partial charge in [-0.1, -0.05) is 12.1 Å². The predicted molar refractivity (Wildman–Crippen MR) is 50.3 cm³/mol. The van der Waals surface area contributed by atoms with Crippen molar-refractivity contribution < 1.29 is 14.3 Å². The molecule has 14 heavy (non-hydrogen) atoms. The molecule has 0 radical (unpaired) electrons. The zero-order chi connectivity index (χ0) is 10.6. The van der Waals surface area contributed by atoms with Crippen molar-refractivity contribution in [2.45, 2.75) is 18.9 Å². The van der Waals surface area contributed by atoms with E-state index < -0.39 is 12.0 Å². The summed E-state index contributed by atoms with van der Waals surface area (Å²) < 4.78 is 12.7. The lowest BCUT2D eigenvalue weighted by Gasteiger charge is -2.05. The van der Waals surface area contributed by atoms with Gasteiger partial charge < -0.3 is 10.8 Å². The van der Waals surface area contributed by atoms with Crippen LogP contribution in [0.1, 0.15) is 12.0 Å². The fourth-order valence-corrected chi connectivity index (χ4v) is 1.14. The van der Waals surface area contributed by atoms with E-state index in [1.165, 1.54) is 12.1 Å². The summed E-state index contributed by atoms with van der Waals surface area (Å²) in [7, 11) is 0. The molecule has 3 nitrogen and oxygen atoms in total. The molecule has 0 saturated carbocycles. The number of hydrogen-bond acceptors (Lipinski definition) is 2. The van der Waals surface area contributed by atoms with Crippen LogP contribution in [0.3, 0.4) is 0 Å². The van der Waals surface area contributed by atoms with E-state index in [0.717, 1.165) is 5.56 Å². The summed E-state index contributed by atoms with van der Waals surface area (Å²) in [6.07, 6.45) is 0.796. The van der Waals surface area contributed by atoms with Gasteiger partial charge in [0, 0.05) is 0 Å². The van der Waals surface area contributed by atoms with Crippen LogP contribution in [0.25, 0.3) is 0 Å². The molecular weight excluding hydrogens is 185 g/mol. The highest BCUT2D eigenvalue weighted by atomic mass is 19.1. The molecule has 3 N–H and O–H groups in total. The van der Waals surface area contributed by atoms with Crippen molar-refractivity contribution in [1.29, 1.82) is 0 Å². The number of benzene rings is 1. The van der Waals surface area contributed by atoms with E-state index in [0.29, 0.717) is 12.8 Å². The summed E-state index contributed by atoms with van der Waals surface area (Å²) in [5.74, 6) is -1.34. The number of aliphatic carboxylic acids is 1. The van der Waals surface area contributed by atoms with Gasteiger partial charge >= 0.3 is 5.97 Å². The van der Waals surface area contributed by atoms with Crippen molar-refractivity contribution in [3.05, 3.63) is 35.6 Å². The molecule has 1 aromatic carbocycles. The lowest BCUT2D eigenvalue weighted by molar-refractivity contribution is -0.138. The Kier molecular flexibility index (Phi) is 3.59. The van der Waals surface area contributed by atoms with Crippen molar-refractivity contribution in [2.24, 2.45) is 5.73 Å². The third kappa shape index (κ3) is 3.14. The molecule has 0 aromatic heterocycles. The van der Waals surface area contributed by atoms with Crippen LogP contribution in [-0.4, -0.2) is 17.1 Å². The smallest absolute Gasteiger partial charge is 0.320 e. The van der Waals surface area contributed by atoms with E-state index in [4.69, 9.17) is 10.8 Å². The van der Waals surface area contributed by atoms with Gasteiger partial charge in [-0.3, -0.25) is 4.79 Å². The maximum Gasteiger partial charge on any atom is 0.320 e. The number of aryl methyl sites for hydroxylation is 1. The number of carbonyl (C=O) groups is 1. The van der Waals surface area contributed by atoms with Crippen LogP contribution in [-0.2, 0) is 11.2 Å². The van der Waals surface area contributed by atoms with Crippen molar-refractivity contribution in [1.82, 2.24) is 0 Å². The molecule has 1 aromatic rings. The first-order chi connectivity index (χ1) is 6.59. The monoisotopic (exact) mass is 197 g/mol. The van der Waals surface area contributed by atoms with Gasteiger partial charge in [0.1, 0.15) is 11.9 Å². The topological polar surface area (TPSA) is 63.3 Å². The average molecular weight is 197 g/mol. The SMILES string of the molecule is N[C@H](CCc1cccc(F)c1)C(=O)O. The number of rotatable bonds is 4. The normalized spacial score (nSPS) is 12.4. The van der Waals surface area contributed by atoms with Gasteiger partial charge in [0.05, 0.1) is 0 Å². The molecule has 0 aliphatic heterocycles. The first-order valence-electron chi connectivity index (χ1n) is 4.32. The van der Waals surface area contributed by atoms with E-state index in [1.54, 1.807) is 12.1 Å². The second kappa shape index (κ2) is 4.72. The number of carboxylic acids is 1. The Morgan fingerprint density at radius 2 is 2.29 bits per heavy atom. The van der Waals surface area contributed by atoms with E-state index >= 15 is 0 Å². The molecule has 0 spiro atoms. The van der Waals surface area contributed by atoms with Crippen LogP contribution in [0.2, 0.25) is 0 Å². The summed E-state index contributed by atoms with van der Waals surface area (Å²) >= 11 is 0. The second-order valence-electron chi connectivity index (χ2n) is 3.11. The predicted octanol–water partition coefficient (Wildman–Crippen LogP) is 1.17. The molecule has 0 heterocycles. The standard InChI is InChI=1S/C10H12FNO2/c11-8-3-1-2-7(6-8)4-5-9(12)10(13)14/h1-3,6,9H,4-5,12H2,(H,13,14)/t9-/m1/s1. The largest absolute Gasteiger partial charge is 0.480 e. The molecule has 76 valence electrons. The zero-order valence-electron chi connectivity index (χ0n) is 7.61. The summed E-state index contributed by atoms with van der Waals surface area (Å²) in [5.41, 5.74) is 6.07. The minimum Gasteiger partial charge on any atom is -0.480 e. The molecule has 0 bridgehead atoms. The minimum atomic E-state index is -1.03. The highest BCUT2D eigenvalue weighted by Crippen LogP contribution is 2.07. The second-order valence-corrected chi connectivity index (χ2v) is 3.11. The Morgan fingerprint density at radius 1 is 1.57 bits per heavy atom. The fraction of sp³-hybridized carbons (Fsp3) is 0.300. The zero-order valence-corrected chi connectivity index (χ0v) is 7.61. The minimum absolute atomic E-state index is 0.314. The van der Waals surface area contributed by atoms with Gasteiger partial charge in [0.15, 0.2) is 0 Å². The highest BCUT2D eigenvalue weighted by molar-refractivity contribution is 5.73. The molecule has 0 aliphatic rings. The number of halogens is 1. The summed E-state index contributed by atoms with van der Waals surface area (Å²) in [6, 6.07) is 5.20. The average Bonchev–Trinajstić information content (AvgIpc) is 2.14. The maximum absolute atomic E-state index is 12.7. The van der Waals surface area contributed by atoms with Crippen molar-refractivity contribution in [3.8, 4) is 0 Å². The van der Waals surface area contributed by atoms with Gasteiger partial charge in [0.25, 0.3) is 0 Å². The highest BCUT2D eigenvalue weighted by Gasteiger charge is 2.10. The van der Waals surface area contributed by atoms with Gasteiger partial charge in [-0.25, -0.2) is 4.39 Å². The third-order valence-corrected chi connectivity index (χ3v) is 1.95. The van der Waals surface area contributed by atoms with Crippen molar-refractivity contribution in [2.75, 3.05) is 0 Å². The molecule has 0 unspecified atom stereocenters. The fourth-order valence-electron chi connectivity index (χ4n) is 1.14. The van der Waals surface area contributed by atoms with E-state index in [2.05, 4.69) is 0 Å². The summed E-state index contributed by atoms with van der Waals surface area (Å²) in [5, 5.41) is 8.52. The van der Waals surface area contributed by atoms with Crippen LogP contribution >= 0.6 is 0 Å². The number of nitrogens with two attached hydrogens (primary N) is 1. The lowest BCUT2D eigenvalue weighted by atomic mass is 10.1. The molecule has 0 amide bonds. The van der Waals surface area contributed by atoms with Crippen molar-refractivity contribution in [3.63, 3.8) is 0 Å². The quantitative estimate of drug-likeness (QED) is 0.761. The van der Waals surface area contributed by atoms with Gasteiger partial charge in [-0.2, -0.15) is 0 Å². The van der Waals surface area contributed by atoms with Gasteiger partial charge in [-0.15, -0.1) is 0 Å². The van der Waals surface area contributed by atoms with Crippen molar-refractivity contribution >= 4 is 5.97 Å². The van der Waals surface area contributed by atoms with Crippen LogP contribution in [0.15, 0.2) is 24.3 Å². The maximum atomic E-state index is 12.7. The Balaban J connectivity index is 2.49. The van der Waals surface area contributed by atoms with Crippen LogP contribution in [0.4, 0.5) is 4.39 Å². The van der Waals surface area contributed by atoms with Gasteiger partial charge in [0.2, 0.25) is 0 Å². The Bertz CT molecular complexity index is 328. The molecule has 1 rings (SSSR count). The molecule has 0 aliphatic carbocycles. The van der Waals surface area contributed by atoms with Gasteiger partial charge in [-0.05, 0) is 30.5 Å². The molecular formula is C10H12FNO2. The molecule has 0 fully saturated rings. The summed E-state index contributed by atoms with van der Waals surface area (Å²) in [4.78, 5) is 10.4. The van der Waals surface area contributed by atoms with Crippen LogP contribution in [0.5, 0.6) is 0 Å². The Hall–Kier alpha value is -1.42. The lowest BCUT2D eigenvalue weighted by Crippen LogP contribution is -2.30. The third-order valence-electron chi connectivity index (χ3n) is 1.95. The van der Waals surface area contributed by atoms with Crippen LogP contribution in [0, 0.1) is 5.82 Å². The molecule has 0 saturated heterocycles. The molecule has 4 heteroatoms. The Labute approximate surface area is 81.4 Å². The van der Waals surface area contributed by atoms with Crippen LogP contribution < -0.4 is 5.73 Å². The Morgan fingerprint density at radius 3 is 2.86 bits per heavy atom. The number of carboxylic acid groups (broad SMARTS) is 1. The first-order valence-corrected chi connectivity index (χ1v) is 4.32. The number of hydrogen-bond donors (Lipinski definition) is 2. The first kappa shape index (κ1) is 10.7. The van der Waals surface area contributed by atoms with E-state index in [-0.39, 0.29) is 5.82 Å². The molecule has 1 atom stereocenters. The van der Waals surface area contributed by atoms with E-state index in [1.807, 2.05) is 0 Å². The summed E-state index contributed by atoms with van der Waals surface area (Å²) in [6.45, 7) is 0.